The van der Waals surface area contributed by atoms with Crippen LogP contribution in [0.4, 0.5) is 0 Å². The van der Waals surface area contributed by atoms with E-state index in [0.717, 1.165) is 15.6 Å². The first-order valence-electron chi connectivity index (χ1n) is 5.33. The van der Waals surface area contributed by atoms with Crippen LogP contribution in [0.3, 0.4) is 0 Å². The Bertz CT molecular complexity index is 554. The van der Waals surface area contributed by atoms with Crippen molar-refractivity contribution in [2.75, 3.05) is 0 Å². The minimum atomic E-state index is 1.02. The van der Waals surface area contributed by atoms with Crippen molar-refractivity contribution < 1.29 is 0 Å². The van der Waals surface area contributed by atoms with Crippen LogP contribution in [0.25, 0.3) is 6.08 Å². The van der Waals surface area contributed by atoms with E-state index in [2.05, 4.69) is 39.9 Å². The fourth-order valence-electron chi connectivity index (χ4n) is 1.36. The first-order valence-corrected chi connectivity index (χ1v) is 6.12. The highest BCUT2D eigenvalue weighted by Gasteiger charge is 1.85. The lowest BCUT2D eigenvalue weighted by Gasteiger charge is -1.89. The molecule has 0 saturated carbocycles. The average Bonchev–Trinajstić information content (AvgIpc) is 2.38. The monoisotopic (exact) mass is 282 g/mol. The van der Waals surface area contributed by atoms with Crippen LogP contribution in [0, 0.1) is 11.8 Å². The molecule has 0 aliphatic heterocycles. The van der Waals surface area contributed by atoms with E-state index in [1.165, 1.54) is 0 Å². The van der Waals surface area contributed by atoms with E-state index < -0.39 is 0 Å². The van der Waals surface area contributed by atoms with E-state index in [4.69, 9.17) is 0 Å². The molecule has 0 unspecified atom stereocenters. The molecule has 2 aromatic carbocycles. The third-order valence-corrected chi connectivity index (χ3v) is 2.75. The van der Waals surface area contributed by atoms with Crippen molar-refractivity contribution in [3.8, 4) is 11.8 Å². The molecule has 0 bridgehead atoms. The van der Waals surface area contributed by atoms with Crippen molar-refractivity contribution >= 4 is 22.0 Å². The first kappa shape index (κ1) is 11.7. The molecule has 2 aromatic rings. The summed E-state index contributed by atoms with van der Waals surface area (Å²) in [6.07, 6.45) is 3.88. The van der Waals surface area contributed by atoms with Crippen LogP contribution in [0.2, 0.25) is 0 Å². The van der Waals surface area contributed by atoms with Gasteiger partial charge in [-0.15, -0.1) is 0 Å². The second kappa shape index (κ2) is 6.08. The van der Waals surface area contributed by atoms with Crippen LogP contribution in [-0.4, -0.2) is 0 Å². The van der Waals surface area contributed by atoms with Crippen molar-refractivity contribution in [3.63, 3.8) is 0 Å². The number of benzene rings is 2. The molecule has 0 saturated heterocycles. The summed E-state index contributed by atoms with van der Waals surface area (Å²) in [5.74, 6) is 6.11. The molecule has 1 heteroatoms. The van der Waals surface area contributed by atoms with Gasteiger partial charge >= 0.3 is 0 Å². The molecule has 82 valence electrons. The number of halogens is 1. The predicted octanol–water partition coefficient (Wildman–Crippen LogP) is 4.51. The van der Waals surface area contributed by atoms with Gasteiger partial charge in [0.1, 0.15) is 0 Å². The van der Waals surface area contributed by atoms with Crippen molar-refractivity contribution in [2.45, 2.75) is 0 Å². The van der Waals surface area contributed by atoms with Crippen molar-refractivity contribution in [1.29, 1.82) is 0 Å². The second-order valence-electron chi connectivity index (χ2n) is 3.52. The molecule has 0 fully saturated rings. The average molecular weight is 283 g/mol. The van der Waals surface area contributed by atoms with Gasteiger partial charge in [-0.25, -0.2) is 0 Å². The summed E-state index contributed by atoms with van der Waals surface area (Å²) in [5.41, 5.74) is 2.18. The number of allylic oxidation sites excluding steroid dienone is 1. The van der Waals surface area contributed by atoms with E-state index in [1.807, 2.05) is 54.6 Å². The van der Waals surface area contributed by atoms with Gasteiger partial charge in [0.05, 0.1) is 0 Å². The SMILES string of the molecule is Brc1ccc(C#C/C=C/c2ccccc2)cc1. The van der Waals surface area contributed by atoms with Crippen LogP contribution >= 0.6 is 15.9 Å². The molecule has 0 N–H and O–H groups in total. The summed E-state index contributed by atoms with van der Waals surface area (Å²) in [4.78, 5) is 0. The third kappa shape index (κ3) is 3.94. The van der Waals surface area contributed by atoms with E-state index in [-0.39, 0.29) is 0 Å². The lowest BCUT2D eigenvalue weighted by atomic mass is 10.2. The largest absolute Gasteiger partial charge is 0.0696 e. The molecular formula is C16H11Br. The standard InChI is InChI=1S/C16H11Br/c17-16-12-10-15(11-13-16)9-5-4-8-14-6-2-1-3-7-14/h1-4,6-8,10-13H/b8-4+. The maximum atomic E-state index is 3.40. The number of rotatable bonds is 1. The van der Waals surface area contributed by atoms with Crippen molar-refractivity contribution in [2.24, 2.45) is 0 Å². The zero-order valence-corrected chi connectivity index (χ0v) is 10.8. The molecule has 0 radical (unpaired) electrons. The quantitative estimate of drug-likeness (QED) is 0.675. The molecule has 0 amide bonds. The Morgan fingerprint density at radius 2 is 1.59 bits per heavy atom. The minimum absolute atomic E-state index is 1.02. The highest BCUT2D eigenvalue weighted by Crippen LogP contribution is 2.09. The number of hydrogen-bond acceptors (Lipinski definition) is 0. The molecule has 0 nitrogen and oxygen atoms in total. The summed E-state index contributed by atoms with van der Waals surface area (Å²) in [6, 6.07) is 18.1. The zero-order valence-electron chi connectivity index (χ0n) is 9.23. The molecule has 0 heterocycles. The number of hydrogen-bond donors (Lipinski definition) is 0. The normalized spacial score (nSPS) is 9.94. The Morgan fingerprint density at radius 1 is 0.882 bits per heavy atom. The molecule has 0 aliphatic rings. The van der Waals surface area contributed by atoms with E-state index in [0.29, 0.717) is 0 Å². The van der Waals surface area contributed by atoms with Crippen molar-refractivity contribution in [1.82, 2.24) is 0 Å². The maximum absolute atomic E-state index is 3.40. The van der Waals surface area contributed by atoms with Crippen LogP contribution in [-0.2, 0) is 0 Å². The van der Waals surface area contributed by atoms with Gasteiger partial charge in [-0.2, -0.15) is 0 Å². The molecule has 2 rings (SSSR count). The van der Waals surface area contributed by atoms with Crippen LogP contribution in [0.1, 0.15) is 11.1 Å². The topological polar surface area (TPSA) is 0 Å². The van der Waals surface area contributed by atoms with Crippen LogP contribution < -0.4 is 0 Å². The van der Waals surface area contributed by atoms with E-state index in [9.17, 15) is 0 Å². The Labute approximate surface area is 110 Å². The van der Waals surface area contributed by atoms with Gasteiger partial charge in [0.25, 0.3) is 0 Å². The first-order chi connectivity index (χ1) is 8.34. The summed E-state index contributed by atoms with van der Waals surface area (Å²) in [6.45, 7) is 0. The second-order valence-corrected chi connectivity index (χ2v) is 4.44. The van der Waals surface area contributed by atoms with Gasteiger partial charge in [0.15, 0.2) is 0 Å². The molecule has 0 aliphatic carbocycles. The van der Waals surface area contributed by atoms with Crippen LogP contribution in [0.5, 0.6) is 0 Å². The fraction of sp³-hybridized carbons (Fsp3) is 0. The maximum Gasteiger partial charge on any atom is 0.0249 e. The van der Waals surface area contributed by atoms with Crippen LogP contribution in [0.15, 0.2) is 65.1 Å². The third-order valence-electron chi connectivity index (χ3n) is 2.22. The van der Waals surface area contributed by atoms with Gasteiger partial charge in [0.2, 0.25) is 0 Å². The van der Waals surface area contributed by atoms with E-state index in [1.54, 1.807) is 0 Å². The van der Waals surface area contributed by atoms with Gasteiger partial charge in [-0.05, 0) is 42.0 Å². The predicted molar refractivity (Wildman–Crippen MR) is 76.5 cm³/mol. The fourth-order valence-corrected chi connectivity index (χ4v) is 1.62. The summed E-state index contributed by atoms with van der Waals surface area (Å²) < 4.78 is 1.07. The Kier molecular flexibility index (Phi) is 4.18. The minimum Gasteiger partial charge on any atom is -0.0696 e. The molecule has 17 heavy (non-hydrogen) atoms. The van der Waals surface area contributed by atoms with E-state index >= 15 is 0 Å². The van der Waals surface area contributed by atoms with Gasteiger partial charge in [0, 0.05) is 10.0 Å². The summed E-state index contributed by atoms with van der Waals surface area (Å²) in [7, 11) is 0. The molecule has 0 spiro atoms. The Morgan fingerprint density at radius 3 is 2.29 bits per heavy atom. The zero-order chi connectivity index (χ0) is 11.9. The molecule has 0 aromatic heterocycles. The Balaban J connectivity index is 2.04. The summed E-state index contributed by atoms with van der Waals surface area (Å²) >= 11 is 3.40. The van der Waals surface area contributed by atoms with Gasteiger partial charge < -0.3 is 0 Å². The Hall–Kier alpha value is -1.78. The highest BCUT2D eigenvalue weighted by atomic mass is 79.9. The lowest BCUT2D eigenvalue weighted by Crippen LogP contribution is -1.71. The smallest absolute Gasteiger partial charge is 0.0249 e. The van der Waals surface area contributed by atoms with Crippen molar-refractivity contribution in [3.05, 3.63) is 76.3 Å². The lowest BCUT2D eigenvalue weighted by molar-refractivity contribution is 1.60. The molecular weight excluding hydrogens is 272 g/mol. The van der Waals surface area contributed by atoms with Gasteiger partial charge in [-0.1, -0.05) is 58.1 Å². The highest BCUT2D eigenvalue weighted by molar-refractivity contribution is 9.10. The van der Waals surface area contributed by atoms with Gasteiger partial charge in [-0.3, -0.25) is 0 Å². The molecule has 0 atom stereocenters. The summed E-state index contributed by atoms with van der Waals surface area (Å²) in [5, 5.41) is 0.